The van der Waals surface area contributed by atoms with Crippen molar-refractivity contribution in [1.29, 1.82) is 5.41 Å². The number of aliphatic carboxylic acids is 1. The van der Waals surface area contributed by atoms with E-state index >= 15 is 0 Å². The van der Waals surface area contributed by atoms with Gasteiger partial charge in [-0.1, -0.05) is 0 Å². The Morgan fingerprint density at radius 3 is 2.33 bits per heavy atom. The van der Waals surface area contributed by atoms with Crippen LogP contribution in [0.3, 0.4) is 0 Å². The number of nitrogens with one attached hydrogen (secondary N) is 2. The van der Waals surface area contributed by atoms with E-state index in [9.17, 15) is 4.79 Å². The molecule has 0 unspecified atom stereocenters. The van der Waals surface area contributed by atoms with Crippen LogP contribution in [0, 0.1) is 5.41 Å². The average molecular weight is 159 g/mol. The molecule has 50 valence electrons. The molecule has 0 spiro atoms. The van der Waals surface area contributed by atoms with Crippen LogP contribution in [0.25, 0.3) is 0 Å². The van der Waals surface area contributed by atoms with Crippen LogP contribution >= 0.6 is 0 Å². The number of carbonyl (C=O) groups is 1. The first-order valence-electron chi connectivity index (χ1n) is 1.92. The van der Waals surface area contributed by atoms with Gasteiger partial charge < -0.3 is 16.2 Å². The zero-order valence-corrected chi connectivity index (χ0v) is 4.14. The van der Waals surface area contributed by atoms with E-state index in [1.54, 1.807) is 0 Å². The fourth-order valence-corrected chi connectivity index (χ4v) is 0.171. The van der Waals surface area contributed by atoms with E-state index in [0.29, 0.717) is 0 Å². The molecule has 0 aliphatic heterocycles. The van der Waals surface area contributed by atoms with Crippen molar-refractivity contribution in [2.24, 2.45) is 5.73 Å². The molecular formula is C3H9CaN3O2. The van der Waals surface area contributed by atoms with Gasteiger partial charge in [0.15, 0.2) is 5.96 Å². The summed E-state index contributed by atoms with van der Waals surface area (Å²) in [5.74, 6) is -1.35. The normalized spacial score (nSPS) is 7.11. The molecule has 0 fully saturated rings. The van der Waals surface area contributed by atoms with E-state index in [0.717, 1.165) is 0 Å². The van der Waals surface area contributed by atoms with Gasteiger partial charge in [-0.25, -0.2) is 0 Å². The summed E-state index contributed by atoms with van der Waals surface area (Å²) in [6.45, 7) is -0.296. The topological polar surface area (TPSA) is 99.2 Å². The van der Waals surface area contributed by atoms with E-state index in [-0.39, 0.29) is 50.2 Å². The molecule has 0 radical (unpaired) electrons. The monoisotopic (exact) mass is 159 g/mol. The molecule has 0 saturated carbocycles. The van der Waals surface area contributed by atoms with Crippen molar-refractivity contribution in [2.45, 2.75) is 0 Å². The van der Waals surface area contributed by atoms with Crippen molar-refractivity contribution < 1.29 is 9.90 Å². The van der Waals surface area contributed by atoms with Gasteiger partial charge in [0.2, 0.25) is 0 Å². The Kier molecular flexibility index (Phi) is 8.00. The maximum absolute atomic E-state index is 9.69. The molecular weight excluding hydrogens is 150 g/mol. The van der Waals surface area contributed by atoms with Crippen molar-refractivity contribution in [3.8, 4) is 0 Å². The summed E-state index contributed by atoms with van der Waals surface area (Å²) in [5.41, 5.74) is 4.75. The molecule has 0 aromatic carbocycles. The number of carboxylic acid groups (broad SMARTS) is 1. The molecule has 5 N–H and O–H groups in total. The van der Waals surface area contributed by atoms with Crippen LogP contribution in [0.15, 0.2) is 0 Å². The molecule has 0 atom stereocenters. The van der Waals surface area contributed by atoms with E-state index in [2.05, 4.69) is 5.32 Å². The van der Waals surface area contributed by atoms with Crippen LogP contribution in [0.2, 0.25) is 0 Å². The van der Waals surface area contributed by atoms with Crippen molar-refractivity contribution in [1.82, 2.24) is 5.32 Å². The Morgan fingerprint density at radius 2 is 2.22 bits per heavy atom. The molecule has 9 heavy (non-hydrogen) atoms. The summed E-state index contributed by atoms with van der Waals surface area (Å²) < 4.78 is 0. The molecule has 0 aliphatic carbocycles. The summed E-state index contributed by atoms with van der Waals surface area (Å²) in [6, 6.07) is 0. The number of rotatable bonds is 2. The quantitative estimate of drug-likeness (QED) is 0.206. The Balaban J connectivity index is 0. The molecule has 0 amide bonds. The molecule has 0 aliphatic rings. The molecule has 0 aromatic rings. The number of hydrogen-bond donors (Lipinski definition) is 4. The summed E-state index contributed by atoms with van der Waals surface area (Å²) in [7, 11) is 0. The fourth-order valence-electron chi connectivity index (χ4n) is 0.171. The van der Waals surface area contributed by atoms with Crippen LogP contribution < -0.4 is 11.1 Å². The van der Waals surface area contributed by atoms with Crippen molar-refractivity contribution in [2.75, 3.05) is 6.54 Å². The number of nitrogens with two attached hydrogens (primary N) is 1. The van der Waals surface area contributed by atoms with E-state index in [4.69, 9.17) is 16.2 Å². The van der Waals surface area contributed by atoms with Crippen LogP contribution in [-0.4, -0.2) is 61.3 Å². The zero-order chi connectivity index (χ0) is 6.57. The second-order valence-electron chi connectivity index (χ2n) is 1.16. The predicted molar refractivity (Wildman–Crippen MR) is 36.1 cm³/mol. The first-order valence-corrected chi connectivity index (χ1v) is 1.92. The summed E-state index contributed by atoms with van der Waals surface area (Å²) in [4.78, 5) is 9.69. The molecule has 0 saturated heterocycles. The van der Waals surface area contributed by atoms with Crippen LogP contribution in [0.4, 0.5) is 0 Å². The van der Waals surface area contributed by atoms with Crippen LogP contribution in [0.5, 0.6) is 0 Å². The second kappa shape index (κ2) is 6.12. The third-order valence-electron chi connectivity index (χ3n) is 0.430. The third kappa shape index (κ3) is 11.5. The standard InChI is InChI=1S/C3H7N3O2.Ca.2H/c4-3(5)6-1-2(7)8;;;/h1H2,(H,7,8)(H4,4,5,6);;;. The van der Waals surface area contributed by atoms with E-state index in [1.165, 1.54) is 0 Å². The molecule has 0 heterocycles. The van der Waals surface area contributed by atoms with Gasteiger partial charge in [-0.2, -0.15) is 0 Å². The Bertz CT molecular complexity index is 102. The fraction of sp³-hybridized carbons (Fsp3) is 0.333. The van der Waals surface area contributed by atoms with Crippen molar-refractivity contribution >= 4 is 49.7 Å². The van der Waals surface area contributed by atoms with Gasteiger partial charge in [-0.05, 0) is 0 Å². The molecule has 6 heteroatoms. The number of carboxylic acids is 1. The Hall–Kier alpha value is -0.000260. The van der Waals surface area contributed by atoms with Gasteiger partial charge in [-0.3, -0.25) is 10.2 Å². The molecule has 0 bridgehead atoms. The molecule has 0 aromatic heterocycles. The van der Waals surface area contributed by atoms with E-state index in [1.807, 2.05) is 0 Å². The summed E-state index contributed by atoms with van der Waals surface area (Å²) >= 11 is 0. The van der Waals surface area contributed by atoms with Gasteiger partial charge in [0.1, 0.15) is 6.54 Å². The van der Waals surface area contributed by atoms with Gasteiger partial charge >= 0.3 is 43.7 Å². The molecule has 5 nitrogen and oxygen atoms in total. The Labute approximate surface area is 82.1 Å². The summed E-state index contributed by atoms with van der Waals surface area (Å²) in [5, 5.41) is 16.5. The minimum atomic E-state index is -1.03. The van der Waals surface area contributed by atoms with Gasteiger partial charge in [0.25, 0.3) is 0 Å². The van der Waals surface area contributed by atoms with Gasteiger partial charge in [0, 0.05) is 0 Å². The molecule has 0 rings (SSSR count). The first-order chi connectivity index (χ1) is 3.63. The average Bonchev–Trinajstić information content (AvgIpc) is 1.61. The van der Waals surface area contributed by atoms with Crippen molar-refractivity contribution in [3.05, 3.63) is 0 Å². The van der Waals surface area contributed by atoms with Crippen LogP contribution in [0.1, 0.15) is 0 Å². The number of guanidine groups is 1. The zero-order valence-electron chi connectivity index (χ0n) is 4.14. The Morgan fingerprint density at radius 1 is 1.78 bits per heavy atom. The SMILES string of the molecule is N=C(N)NCC(=O)O.[CaH2]. The van der Waals surface area contributed by atoms with Gasteiger partial charge in [0.05, 0.1) is 0 Å². The third-order valence-corrected chi connectivity index (χ3v) is 0.430. The van der Waals surface area contributed by atoms with E-state index < -0.39 is 5.97 Å². The minimum absolute atomic E-state index is 0. The first kappa shape index (κ1) is 11.8. The maximum atomic E-state index is 9.69. The second-order valence-corrected chi connectivity index (χ2v) is 1.16. The predicted octanol–water partition coefficient (Wildman–Crippen LogP) is -2.36. The van der Waals surface area contributed by atoms with Gasteiger partial charge in [-0.15, -0.1) is 0 Å². The summed E-state index contributed by atoms with van der Waals surface area (Å²) in [6.07, 6.45) is 0. The number of hydrogen-bond acceptors (Lipinski definition) is 2. The van der Waals surface area contributed by atoms with Crippen LogP contribution in [-0.2, 0) is 4.79 Å². The van der Waals surface area contributed by atoms with Crippen molar-refractivity contribution in [3.63, 3.8) is 0 Å².